The Kier molecular flexibility index (Phi) is 6.27. The van der Waals surface area contributed by atoms with E-state index in [0.29, 0.717) is 17.9 Å². The summed E-state index contributed by atoms with van der Waals surface area (Å²) in [5.74, 6) is 0.550. The number of aromatic nitrogens is 4. The van der Waals surface area contributed by atoms with Gasteiger partial charge in [0, 0.05) is 12.1 Å². The molecule has 3 aromatic rings. The number of rotatable bonds is 7. The first kappa shape index (κ1) is 21.6. The van der Waals surface area contributed by atoms with Crippen LogP contribution in [-0.2, 0) is 16.4 Å². The maximum Gasteiger partial charge on any atom is 0.334 e. The minimum atomic E-state index is -4.40. The largest absolute Gasteiger partial charge is 0.496 e. The summed E-state index contributed by atoms with van der Waals surface area (Å²) in [6, 6.07) is 5.18. The molecule has 30 heavy (non-hydrogen) atoms. The van der Waals surface area contributed by atoms with Crippen molar-refractivity contribution in [2.45, 2.75) is 24.8 Å². The molecule has 0 saturated heterocycles. The number of methoxy groups -OCH3 is 2. The van der Waals surface area contributed by atoms with E-state index in [1.54, 1.807) is 12.1 Å². The first-order valence-corrected chi connectivity index (χ1v) is 10.6. The Morgan fingerprint density at radius 1 is 1.20 bits per heavy atom. The molecular formula is C17H19ClN6O5S. The van der Waals surface area contributed by atoms with Crippen LogP contribution in [0.5, 0.6) is 11.6 Å². The van der Waals surface area contributed by atoms with Gasteiger partial charge in [-0.3, -0.25) is 5.32 Å². The number of aryl methyl sites for hydroxylation is 1. The number of amides is 2. The molecule has 3 aromatic heterocycles. The van der Waals surface area contributed by atoms with E-state index in [1.807, 2.05) is 11.6 Å². The Hall–Kier alpha value is -3.12. The van der Waals surface area contributed by atoms with Crippen molar-refractivity contribution in [1.29, 1.82) is 0 Å². The summed E-state index contributed by atoms with van der Waals surface area (Å²) in [6.45, 7) is 1.97. The third-order valence-electron chi connectivity index (χ3n) is 3.90. The SMILES string of the molecule is CCCc1ccc2nc(Cl)c(S(=O)(=O)NC(=O)Nc3cc(OC)cc(OC)n3)n2n1. The summed E-state index contributed by atoms with van der Waals surface area (Å²) in [4.78, 5) is 20.3. The number of hydrogen-bond acceptors (Lipinski definition) is 8. The normalized spacial score (nSPS) is 11.3. The predicted molar refractivity (Wildman–Crippen MR) is 109 cm³/mol. The van der Waals surface area contributed by atoms with Gasteiger partial charge in [0.25, 0.3) is 10.0 Å². The number of hydrogen-bond donors (Lipinski definition) is 2. The number of nitrogens with zero attached hydrogens (tertiary/aromatic N) is 4. The fourth-order valence-electron chi connectivity index (χ4n) is 2.62. The number of urea groups is 1. The molecule has 0 saturated carbocycles. The lowest BCUT2D eigenvalue weighted by Crippen LogP contribution is -2.35. The molecule has 0 bridgehead atoms. The van der Waals surface area contributed by atoms with Gasteiger partial charge >= 0.3 is 6.03 Å². The zero-order chi connectivity index (χ0) is 21.9. The summed E-state index contributed by atoms with van der Waals surface area (Å²) >= 11 is 6.04. The lowest BCUT2D eigenvalue weighted by Gasteiger charge is -2.10. The van der Waals surface area contributed by atoms with Crippen LogP contribution in [0.1, 0.15) is 19.0 Å². The van der Waals surface area contributed by atoms with E-state index < -0.39 is 21.1 Å². The van der Waals surface area contributed by atoms with Gasteiger partial charge in [-0.1, -0.05) is 24.9 Å². The van der Waals surface area contributed by atoms with Crippen LogP contribution in [0.4, 0.5) is 10.6 Å². The Labute approximate surface area is 177 Å². The van der Waals surface area contributed by atoms with Crippen molar-refractivity contribution >= 4 is 39.1 Å². The summed E-state index contributed by atoms with van der Waals surface area (Å²) in [6.07, 6.45) is 1.46. The van der Waals surface area contributed by atoms with Crippen molar-refractivity contribution in [2.24, 2.45) is 0 Å². The molecule has 0 fully saturated rings. The zero-order valence-electron chi connectivity index (χ0n) is 16.3. The van der Waals surface area contributed by atoms with E-state index in [2.05, 4.69) is 20.4 Å². The number of imidazole rings is 1. The molecule has 13 heteroatoms. The number of pyridine rings is 1. The van der Waals surface area contributed by atoms with Gasteiger partial charge in [-0.2, -0.15) is 23.0 Å². The zero-order valence-corrected chi connectivity index (χ0v) is 17.9. The molecule has 0 aliphatic carbocycles. The summed E-state index contributed by atoms with van der Waals surface area (Å²) in [7, 11) is -1.59. The first-order valence-electron chi connectivity index (χ1n) is 8.75. The minimum Gasteiger partial charge on any atom is -0.496 e. The van der Waals surface area contributed by atoms with E-state index in [-0.39, 0.29) is 22.5 Å². The van der Waals surface area contributed by atoms with E-state index in [0.717, 1.165) is 10.9 Å². The van der Waals surface area contributed by atoms with Gasteiger partial charge in [-0.25, -0.2) is 14.5 Å². The van der Waals surface area contributed by atoms with Gasteiger partial charge in [0.05, 0.1) is 19.9 Å². The highest BCUT2D eigenvalue weighted by Gasteiger charge is 2.28. The maximum atomic E-state index is 12.8. The molecule has 3 heterocycles. The van der Waals surface area contributed by atoms with Crippen molar-refractivity contribution in [3.63, 3.8) is 0 Å². The molecule has 160 valence electrons. The third-order valence-corrected chi connectivity index (χ3v) is 5.61. The van der Waals surface area contributed by atoms with Crippen LogP contribution in [0.3, 0.4) is 0 Å². The average Bonchev–Trinajstić information content (AvgIpc) is 3.03. The van der Waals surface area contributed by atoms with Gasteiger partial charge in [-0.05, 0) is 18.6 Å². The van der Waals surface area contributed by atoms with Crippen molar-refractivity contribution in [2.75, 3.05) is 19.5 Å². The van der Waals surface area contributed by atoms with Crippen molar-refractivity contribution < 1.29 is 22.7 Å². The molecule has 2 N–H and O–H groups in total. The topological polar surface area (TPSA) is 137 Å². The maximum absolute atomic E-state index is 12.8. The highest BCUT2D eigenvalue weighted by atomic mass is 35.5. The monoisotopic (exact) mass is 454 g/mol. The Balaban J connectivity index is 1.89. The summed E-state index contributed by atoms with van der Waals surface area (Å²) < 4.78 is 38.7. The molecule has 2 amide bonds. The standard InChI is InChI=1S/C17H19ClN6O5S/c1-4-5-10-6-7-13-21-15(18)16(24(13)22-10)30(26,27)23-17(25)20-12-8-11(28-2)9-14(19-12)29-3/h6-9H,4-5H2,1-3H3,(H2,19,20,23,25). The number of sulfonamides is 1. The van der Waals surface area contributed by atoms with Gasteiger partial charge in [0.15, 0.2) is 10.8 Å². The number of carbonyl (C=O) groups is 1. The van der Waals surface area contributed by atoms with E-state index in [9.17, 15) is 13.2 Å². The van der Waals surface area contributed by atoms with Crippen molar-refractivity contribution in [3.8, 4) is 11.6 Å². The molecule has 0 aliphatic rings. The second-order valence-corrected chi connectivity index (χ2v) is 8.00. The molecule has 0 unspecified atom stereocenters. The minimum absolute atomic E-state index is 0.0199. The van der Waals surface area contributed by atoms with E-state index in [4.69, 9.17) is 21.1 Å². The lowest BCUT2D eigenvalue weighted by atomic mass is 10.2. The Morgan fingerprint density at radius 2 is 1.97 bits per heavy atom. The lowest BCUT2D eigenvalue weighted by molar-refractivity contribution is 0.256. The quantitative estimate of drug-likeness (QED) is 0.554. The van der Waals surface area contributed by atoms with Crippen LogP contribution in [-0.4, -0.2) is 48.3 Å². The number of carbonyl (C=O) groups excluding carboxylic acids is 1. The molecule has 3 rings (SSSR count). The number of fused-ring (bicyclic) bond motifs is 1. The molecule has 0 aromatic carbocycles. The smallest absolute Gasteiger partial charge is 0.334 e. The molecule has 0 radical (unpaired) electrons. The van der Waals surface area contributed by atoms with Gasteiger partial charge in [0.2, 0.25) is 10.9 Å². The van der Waals surface area contributed by atoms with Crippen molar-refractivity contribution in [1.82, 2.24) is 24.3 Å². The number of anilines is 1. The Bertz CT molecular complexity index is 1170. The van der Waals surface area contributed by atoms with E-state index in [1.165, 1.54) is 26.4 Å². The van der Waals surface area contributed by atoms with Crippen LogP contribution in [0.15, 0.2) is 29.3 Å². The molecular weight excluding hydrogens is 436 g/mol. The Morgan fingerprint density at radius 3 is 2.63 bits per heavy atom. The first-order chi connectivity index (χ1) is 14.3. The third kappa shape index (κ3) is 4.54. The second-order valence-electron chi connectivity index (χ2n) is 6.05. The molecule has 0 aliphatic heterocycles. The van der Waals surface area contributed by atoms with E-state index >= 15 is 0 Å². The fourth-order valence-corrected chi connectivity index (χ4v) is 4.11. The molecule has 0 atom stereocenters. The van der Waals surface area contributed by atoms with Crippen LogP contribution in [0.25, 0.3) is 5.65 Å². The van der Waals surface area contributed by atoms with Crippen LogP contribution < -0.4 is 19.5 Å². The number of nitrogens with one attached hydrogen (secondary N) is 2. The van der Waals surface area contributed by atoms with Gasteiger partial charge < -0.3 is 9.47 Å². The predicted octanol–water partition coefficient (Wildman–Crippen LogP) is 2.26. The highest BCUT2D eigenvalue weighted by molar-refractivity contribution is 7.90. The average molecular weight is 455 g/mol. The van der Waals surface area contributed by atoms with Gasteiger partial charge in [0.1, 0.15) is 11.6 Å². The molecule has 11 nitrogen and oxygen atoms in total. The van der Waals surface area contributed by atoms with Crippen LogP contribution in [0.2, 0.25) is 5.15 Å². The van der Waals surface area contributed by atoms with Crippen LogP contribution >= 0.6 is 11.6 Å². The van der Waals surface area contributed by atoms with Gasteiger partial charge in [-0.15, -0.1) is 0 Å². The fraction of sp³-hybridized carbons (Fsp3) is 0.294. The summed E-state index contributed by atoms with van der Waals surface area (Å²) in [5.41, 5.74) is 0.896. The second kappa shape index (κ2) is 8.71. The number of halogens is 1. The number of ether oxygens (including phenoxy) is 2. The van der Waals surface area contributed by atoms with Crippen LogP contribution in [0, 0.1) is 0 Å². The highest BCUT2D eigenvalue weighted by Crippen LogP contribution is 2.23. The molecule has 0 spiro atoms. The van der Waals surface area contributed by atoms with Crippen molar-refractivity contribution in [3.05, 3.63) is 35.1 Å². The summed E-state index contributed by atoms with van der Waals surface area (Å²) in [5, 5.41) is 5.83.